The Hall–Kier alpha value is -2.13. The van der Waals surface area contributed by atoms with Crippen LogP contribution in [0.1, 0.15) is 12.5 Å². The Balaban J connectivity index is 2.04. The lowest BCUT2D eigenvalue weighted by molar-refractivity contribution is -0.114. The third-order valence-corrected chi connectivity index (χ3v) is 5.17. The van der Waals surface area contributed by atoms with E-state index in [-0.39, 0.29) is 12.5 Å². The molecular weight excluding hydrogens is 346 g/mol. The minimum absolute atomic E-state index is 0.165. The summed E-state index contributed by atoms with van der Waals surface area (Å²) in [5.74, 6) is -0.165. The van der Waals surface area contributed by atoms with Gasteiger partial charge in [-0.1, -0.05) is 29.5 Å². The van der Waals surface area contributed by atoms with E-state index < -0.39 is 11.1 Å². The smallest absolute Gasteiger partial charge is 0.223 e. The van der Waals surface area contributed by atoms with Gasteiger partial charge in [-0.05, 0) is 34.9 Å². The maximum Gasteiger partial charge on any atom is 0.223 e. The van der Waals surface area contributed by atoms with Crippen LogP contribution in [0.4, 0.5) is 5.13 Å². The minimum atomic E-state index is -2.09. The summed E-state index contributed by atoms with van der Waals surface area (Å²) in [7, 11) is 0. The van der Waals surface area contributed by atoms with E-state index in [1.807, 2.05) is 24.3 Å². The number of amides is 1. The summed E-state index contributed by atoms with van der Waals surface area (Å²) < 4.78 is 21.8. The van der Waals surface area contributed by atoms with Gasteiger partial charge in [-0.2, -0.15) is 0 Å². The number of hydrogen-bond acceptors (Lipinski definition) is 5. The van der Waals surface area contributed by atoms with Crippen LogP contribution in [0.25, 0.3) is 21.3 Å². The van der Waals surface area contributed by atoms with Crippen molar-refractivity contribution in [2.45, 2.75) is 18.4 Å². The van der Waals surface area contributed by atoms with Crippen LogP contribution in [0, 0.1) is 0 Å². The molecule has 0 aliphatic heterocycles. The molecule has 1 amide bonds. The standard InChI is InChI=1S/C16H15N3O3S2/c1-9(20)18-16-19-13-5-4-10(6-14(13)23-16)11-2-3-12(8-17)15(7-11)24(21)22/h2-7H,8,17H2,1H3,(H,21,22)(H,18,19,20). The fourth-order valence-corrected chi connectivity index (χ4v) is 3.93. The van der Waals surface area contributed by atoms with Crippen LogP contribution in [0.5, 0.6) is 0 Å². The normalized spacial score (nSPS) is 12.3. The molecule has 1 aromatic heterocycles. The SMILES string of the molecule is CC(=O)Nc1nc2ccc(-c3ccc(CN)c(S(=O)O)c3)cc2s1. The van der Waals surface area contributed by atoms with Gasteiger partial charge in [-0.15, -0.1) is 0 Å². The lowest BCUT2D eigenvalue weighted by atomic mass is 10.0. The van der Waals surface area contributed by atoms with Crippen molar-refractivity contribution >= 4 is 43.7 Å². The van der Waals surface area contributed by atoms with Crippen LogP contribution in [0.2, 0.25) is 0 Å². The second kappa shape index (κ2) is 6.78. The number of thiazole rings is 1. The van der Waals surface area contributed by atoms with Crippen LogP contribution in [0.3, 0.4) is 0 Å². The molecule has 24 heavy (non-hydrogen) atoms. The fourth-order valence-electron chi connectivity index (χ4n) is 2.37. The lowest BCUT2D eigenvalue weighted by Crippen LogP contribution is -2.04. The monoisotopic (exact) mass is 361 g/mol. The third-order valence-electron chi connectivity index (χ3n) is 3.48. The Morgan fingerprint density at radius 2 is 2.00 bits per heavy atom. The molecule has 3 aromatic rings. The number of rotatable bonds is 4. The first kappa shape index (κ1) is 16.7. The largest absolute Gasteiger partial charge is 0.326 e. The highest BCUT2D eigenvalue weighted by Crippen LogP contribution is 2.31. The van der Waals surface area contributed by atoms with E-state index >= 15 is 0 Å². The van der Waals surface area contributed by atoms with Crippen molar-refractivity contribution in [2.75, 3.05) is 5.32 Å². The second-order valence-electron chi connectivity index (χ2n) is 5.16. The summed E-state index contributed by atoms with van der Waals surface area (Å²) >= 11 is -0.711. The number of fused-ring (bicyclic) bond motifs is 1. The van der Waals surface area contributed by atoms with Crippen molar-refractivity contribution in [3.8, 4) is 11.1 Å². The maximum atomic E-state index is 11.5. The minimum Gasteiger partial charge on any atom is -0.326 e. The van der Waals surface area contributed by atoms with E-state index in [1.165, 1.54) is 18.3 Å². The van der Waals surface area contributed by atoms with E-state index in [1.54, 1.807) is 12.1 Å². The summed E-state index contributed by atoms with van der Waals surface area (Å²) in [5, 5.41) is 3.22. The van der Waals surface area contributed by atoms with Gasteiger partial charge in [-0.3, -0.25) is 4.79 Å². The van der Waals surface area contributed by atoms with Crippen LogP contribution in [-0.2, 0) is 22.4 Å². The molecule has 0 fully saturated rings. The summed E-state index contributed by atoms with van der Waals surface area (Å²) in [5.41, 5.74) is 8.76. The van der Waals surface area contributed by atoms with E-state index in [2.05, 4.69) is 10.3 Å². The number of nitrogens with one attached hydrogen (secondary N) is 1. The number of benzene rings is 2. The molecule has 3 rings (SSSR count). The number of carbonyl (C=O) groups excluding carboxylic acids is 1. The van der Waals surface area contributed by atoms with Crippen molar-refractivity contribution in [2.24, 2.45) is 5.73 Å². The molecule has 4 N–H and O–H groups in total. The van der Waals surface area contributed by atoms with E-state index in [4.69, 9.17) is 5.73 Å². The van der Waals surface area contributed by atoms with Gasteiger partial charge in [0, 0.05) is 13.5 Å². The first-order valence-corrected chi connectivity index (χ1v) is 9.02. The zero-order valence-corrected chi connectivity index (χ0v) is 14.4. The van der Waals surface area contributed by atoms with Gasteiger partial charge in [0.15, 0.2) is 16.2 Å². The predicted molar refractivity (Wildman–Crippen MR) is 96.3 cm³/mol. The van der Waals surface area contributed by atoms with E-state index in [0.29, 0.717) is 15.6 Å². The zero-order chi connectivity index (χ0) is 17.3. The number of hydrogen-bond donors (Lipinski definition) is 3. The van der Waals surface area contributed by atoms with Crippen LogP contribution >= 0.6 is 11.3 Å². The maximum absolute atomic E-state index is 11.5. The van der Waals surface area contributed by atoms with Crippen molar-refractivity contribution in [1.29, 1.82) is 0 Å². The number of aromatic nitrogens is 1. The summed E-state index contributed by atoms with van der Waals surface area (Å²) in [6.45, 7) is 1.64. The Bertz CT molecular complexity index is 953. The molecule has 0 aliphatic carbocycles. The van der Waals surface area contributed by atoms with Gasteiger partial charge in [0.25, 0.3) is 0 Å². The Labute approximate surface area is 145 Å². The Morgan fingerprint density at radius 1 is 1.29 bits per heavy atom. The van der Waals surface area contributed by atoms with Crippen LogP contribution in [-0.4, -0.2) is 19.7 Å². The van der Waals surface area contributed by atoms with E-state index in [9.17, 15) is 13.6 Å². The number of anilines is 1. The third kappa shape index (κ3) is 3.36. The van der Waals surface area contributed by atoms with Crippen molar-refractivity contribution in [3.05, 3.63) is 42.0 Å². The molecule has 1 unspecified atom stereocenters. The molecular formula is C16H15N3O3S2. The molecule has 2 aromatic carbocycles. The van der Waals surface area contributed by atoms with E-state index in [0.717, 1.165) is 21.3 Å². The summed E-state index contributed by atoms with van der Waals surface area (Å²) in [4.78, 5) is 15.8. The topological polar surface area (TPSA) is 105 Å². The van der Waals surface area contributed by atoms with Crippen LogP contribution < -0.4 is 11.1 Å². The first-order valence-electron chi connectivity index (χ1n) is 7.10. The van der Waals surface area contributed by atoms with Crippen LogP contribution in [0.15, 0.2) is 41.3 Å². The van der Waals surface area contributed by atoms with Crippen molar-refractivity contribution in [1.82, 2.24) is 4.98 Å². The Kier molecular flexibility index (Phi) is 4.72. The quantitative estimate of drug-likeness (QED) is 0.620. The highest BCUT2D eigenvalue weighted by Gasteiger charge is 2.11. The number of carbonyl (C=O) groups is 1. The zero-order valence-electron chi connectivity index (χ0n) is 12.8. The molecule has 6 nitrogen and oxygen atoms in total. The van der Waals surface area contributed by atoms with Crippen molar-refractivity contribution < 1.29 is 13.6 Å². The van der Waals surface area contributed by atoms with Gasteiger partial charge >= 0.3 is 0 Å². The fraction of sp³-hybridized carbons (Fsp3) is 0.125. The molecule has 0 spiro atoms. The van der Waals surface area contributed by atoms with Gasteiger partial charge in [0.1, 0.15) is 0 Å². The second-order valence-corrected chi connectivity index (χ2v) is 7.13. The number of nitrogens with zero attached hydrogens (tertiary/aromatic N) is 1. The highest BCUT2D eigenvalue weighted by molar-refractivity contribution is 7.79. The molecule has 1 heterocycles. The molecule has 1 atom stereocenters. The van der Waals surface area contributed by atoms with Gasteiger partial charge < -0.3 is 15.6 Å². The molecule has 8 heteroatoms. The highest BCUT2D eigenvalue weighted by atomic mass is 32.2. The van der Waals surface area contributed by atoms with Gasteiger partial charge in [0.05, 0.1) is 15.1 Å². The van der Waals surface area contributed by atoms with Gasteiger partial charge in [0.2, 0.25) is 5.91 Å². The average Bonchev–Trinajstić information content (AvgIpc) is 2.94. The molecule has 0 bridgehead atoms. The number of nitrogens with two attached hydrogens (primary N) is 1. The molecule has 0 aliphatic rings. The first-order chi connectivity index (χ1) is 11.5. The summed E-state index contributed by atoms with van der Waals surface area (Å²) in [6.07, 6.45) is 0. The summed E-state index contributed by atoms with van der Waals surface area (Å²) in [6, 6.07) is 11.0. The van der Waals surface area contributed by atoms with Gasteiger partial charge in [-0.25, -0.2) is 9.19 Å². The molecule has 0 radical (unpaired) electrons. The molecule has 0 saturated heterocycles. The van der Waals surface area contributed by atoms with Crippen molar-refractivity contribution in [3.63, 3.8) is 0 Å². The Morgan fingerprint density at radius 3 is 2.67 bits per heavy atom. The lowest BCUT2D eigenvalue weighted by Gasteiger charge is -2.08. The average molecular weight is 361 g/mol. The molecule has 124 valence electrons. The predicted octanol–water partition coefficient (Wildman–Crippen LogP) is 2.96. The molecule has 0 saturated carbocycles.